The van der Waals surface area contributed by atoms with Crippen LogP contribution in [0.1, 0.15) is 27.2 Å². The van der Waals surface area contributed by atoms with E-state index in [9.17, 15) is 8.42 Å². The minimum absolute atomic E-state index is 0.436. The van der Waals surface area contributed by atoms with Crippen molar-refractivity contribution in [2.75, 3.05) is 39.6 Å². The first-order chi connectivity index (χ1) is 9.20. The highest BCUT2D eigenvalue weighted by atomic mass is 32.2. The second-order valence-electron chi connectivity index (χ2n) is 5.16. The van der Waals surface area contributed by atoms with Crippen molar-refractivity contribution in [2.45, 2.75) is 32.7 Å². The predicted molar refractivity (Wildman–Crippen MR) is 82.5 cm³/mol. The number of nitrogens with zero attached hydrogens (tertiary/aromatic N) is 1. The third-order valence-corrected chi connectivity index (χ3v) is 3.27. The summed E-state index contributed by atoms with van der Waals surface area (Å²) in [5.41, 5.74) is -0.587. The smallest absolute Gasteiger partial charge is 0.209 e. The average molecular weight is 308 g/mol. The van der Waals surface area contributed by atoms with Gasteiger partial charge in [-0.05, 0) is 27.2 Å². The Hall–Kier alpha value is -0.860. The number of sulfonamides is 1. The summed E-state index contributed by atoms with van der Waals surface area (Å²) < 4.78 is 30.3. The van der Waals surface area contributed by atoms with Gasteiger partial charge in [0.2, 0.25) is 10.0 Å². The minimum Gasteiger partial charge on any atom is -0.382 e. The van der Waals surface area contributed by atoms with E-state index in [1.54, 1.807) is 7.05 Å². The predicted octanol–water partition coefficient (Wildman–Crippen LogP) is -0.0942. The molecule has 0 bridgehead atoms. The van der Waals surface area contributed by atoms with E-state index in [-0.39, 0.29) is 0 Å². The van der Waals surface area contributed by atoms with Crippen LogP contribution in [-0.2, 0) is 14.8 Å². The van der Waals surface area contributed by atoms with Crippen LogP contribution in [0.25, 0.3) is 0 Å². The van der Waals surface area contributed by atoms with Gasteiger partial charge in [0.05, 0.1) is 6.26 Å². The Balaban J connectivity index is 4.06. The van der Waals surface area contributed by atoms with E-state index in [0.29, 0.717) is 19.1 Å². The molecule has 20 heavy (non-hydrogen) atoms. The molecule has 0 saturated heterocycles. The maximum Gasteiger partial charge on any atom is 0.209 e. The lowest BCUT2D eigenvalue weighted by Crippen LogP contribution is -2.53. The molecule has 0 heterocycles. The summed E-state index contributed by atoms with van der Waals surface area (Å²) in [4.78, 5) is 4.08. The second-order valence-corrected chi connectivity index (χ2v) is 6.91. The van der Waals surface area contributed by atoms with Crippen LogP contribution in [0.15, 0.2) is 4.99 Å². The van der Waals surface area contributed by atoms with Gasteiger partial charge in [-0.3, -0.25) is 4.99 Å². The Bertz CT molecular complexity index is 394. The van der Waals surface area contributed by atoms with Crippen molar-refractivity contribution >= 4 is 16.0 Å². The van der Waals surface area contributed by atoms with Crippen molar-refractivity contribution in [1.82, 2.24) is 15.4 Å². The zero-order valence-electron chi connectivity index (χ0n) is 13.1. The maximum atomic E-state index is 11.2. The van der Waals surface area contributed by atoms with E-state index in [2.05, 4.69) is 20.3 Å². The van der Waals surface area contributed by atoms with E-state index in [0.717, 1.165) is 25.8 Å². The van der Waals surface area contributed by atoms with Gasteiger partial charge in [0, 0.05) is 38.9 Å². The van der Waals surface area contributed by atoms with Crippen LogP contribution in [-0.4, -0.2) is 59.5 Å². The first kappa shape index (κ1) is 19.1. The van der Waals surface area contributed by atoms with Gasteiger partial charge in [0.25, 0.3) is 0 Å². The molecule has 0 aromatic rings. The van der Waals surface area contributed by atoms with Crippen LogP contribution < -0.4 is 15.4 Å². The number of ether oxygens (including phenoxy) is 1. The van der Waals surface area contributed by atoms with Gasteiger partial charge < -0.3 is 15.4 Å². The summed E-state index contributed by atoms with van der Waals surface area (Å²) in [7, 11) is -1.55. The molecule has 0 unspecified atom stereocenters. The fourth-order valence-corrected chi connectivity index (χ4v) is 2.66. The molecule has 8 heteroatoms. The Morgan fingerprint density at radius 3 is 2.45 bits per heavy atom. The Labute approximate surface area is 122 Å². The van der Waals surface area contributed by atoms with Crippen molar-refractivity contribution in [2.24, 2.45) is 4.99 Å². The van der Waals surface area contributed by atoms with Gasteiger partial charge in [-0.25, -0.2) is 13.1 Å². The minimum atomic E-state index is -3.23. The quantitative estimate of drug-likeness (QED) is 0.314. The molecule has 0 aliphatic rings. The summed E-state index contributed by atoms with van der Waals surface area (Å²) in [5.74, 6) is 0.643. The SMILES string of the molecule is CCOCCCNC(=NC)NCC(C)(C)NS(C)(=O)=O. The van der Waals surface area contributed by atoms with Crippen LogP contribution in [0.4, 0.5) is 0 Å². The van der Waals surface area contributed by atoms with E-state index >= 15 is 0 Å². The third kappa shape index (κ3) is 11.0. The maximum absolute atomic E-state index is 11.2. The molecule has 0 saturated carbocycles. The highest BCUT2D eigenvalue weighted by Crippen LogP contribution is 2.01. The number of aliphatic imine (C=N–C) groups is 1. The molecule has 0 spiro atoms. The number of rotatable bonds is 9. The van der Waals surface area contributed by atoms with Crippen molar-refractivity contribution in [3.05, 3.63) is 0 Å². The Morgan fingerprint density at radius 1 is 1.30 bits per heavy atom. The zero-order chi connectivity index (χ0) is 15.6. The first-order valence-electron chi connectivity index (χ1n) is 6.71. The molecule has 0 aliphatic carbocycles. The molecule has 120 valence electrons. The monoisotopic (exact) mass is 308 g/mol. The van der Waals surface area contributed by atoms with E-state index in [4.69, 9.17) is 4.74 Å². The summed E-state index contributed by atoms with van der Waals surface area (Å²) in [6.45, 7) is 8.20. The standard InChI is InChI=1S/C12H28N4O3S/c1-6-19-9-7-8-14-11(13-4)15-10-12(2,3)16-20(5,17)18/h16H,6-10H2,1-5H3,(H2,13,14,15). The lowest BCUT2D eigenvalue weighted by atomic mass is 10.1. The lowest BCUT2D eigenvalue weighted by molar-refractivity contribution is 0.145. The van der Waals surface area contributed by atoms with Gasteiger partial charge in [0.1, 0.15) is 0 Å². The van der Waals surface area contributed by atoms with Gasteiger partial charge >= 0.3 is 0 Å². The molecule has 0 radical (unpaired) electrons. The topological polar surface area (TPSA) is 91.8 Å². The number of hydrogen-bond acceptors (Lipinski definition) is 4. The molecular formula is C12H28N4O3S. The van der Waals surface area contributed by atoms with Gasteiger partial charge in [-0.2, -0.15) is 0 Å². The van der Waals surface area contributed by atoms with E-state index in [1.807, 2.05) is 20.8 Å². The molecule has 3 N–H and O–H groups in total. The molecule has 0 amide bonds. The average Bonchev–Trinajstić information content (AvgIpc) is 2.29. The van der Waals surface area contributed by atoms with Crippen LogP contribution in [0.5, 0.6) is 0 Å². The summed E-state index contributed by atoms with van der Waals surface area (Å²) in [5, 5.41) is 6.24. The number of nitrogens with one attached hydrogen (secondary N) is 3. The van der Waals surface area contributed by atoms with Crippen LogP contribution >= 0.6 is 0 Å². The molecule has 0 atom stereocenters. The van der Waals surface area contributed by atoms with Crippen LogP contribution in [0.2, 0.25) is 0 Å². The van der Waals surface area contributed by atoms with Crippen molar-refractivity contribution < 1.29 is 13.2 Å². The van der Waals surface area contributed by atoms with Crippen LogP contribution in [0.3, 0.4) is 0 Å². The number of guanidine groups is 1. The zero-order valence-corrected chi connectivity index (χ0v) is 13.9. The molecule has 0 fully saturated rings. The first-order valence-corrected chi connectivity index (χ1v) is 8.60. The molecule has 0 aromatic heterocycles. The summed E-state index contributed by atoms with van der Waals surface area (Å²) >= 11 is 0. The van der Waals surface area contributed by atoms with Crippen molar-refractivity contribution in [3.8, 4) is 0 Å². The molecule has 0 rings (SSSR count). The lowest BCUT2D eigenvalue weighted by Gasteiger charge is -2.26. The Kier molecular flexibility index (Phi) is 8.75. The van der Waals surface area contributed by atoms with Gasteiger partial charge in [0.15, 0.2) is 5.96 Å². The fraction of sp³-hybridized carbons (Fsp3) is 0.917. The highest BCUT2D eigenvalue weighted by Gasteiger charge is 2.22. The number of hydrogen-bond donors (Lipinski definition) is 3. The van der Waals surface area contributed by atoms with E-state index < -0.39 is 15.6 Å². The Morgan fingerprint density at radius 2 is 1.95 bits per heavy atom. The second kappa shape index (κ2) is 9.15. The third-order valence-electron chi connectivity index (χ3n) is 2.35. The molecule has 0 aromatic carbocycles. The van der Waals surface area contributed by atoms with Crippen LogP contribution in [0, 0.1) is 0 Å². The highest BCUT2D eigenvalue weighted by molar-refractivity contribution is 7.88. The molecular weight excluding hydrogens is 280 g/mol. The van der Waals surface area contributed by atoms with Crippen molar-refractivity contribution in [1.29, 1.82) is 0 Å². The normalized spacial score (nSPS) is 13.3. The van der Waals surface area contributed by atoms with E-state index in [1.165, 1.54) is 0 Å². The largest absolute Gasteiger partial charge is 0.382 e. The van der Waals surface area contributed by atoms with Gasteiger partial charge in [-0.15, -0.1) is 0 Å². The molecule has 0 aliphatic heterocycles. The summed E-state index contributed by atoms with van der Waals surface area (Å²) in [6, 6.07) is 0. The molecule has 7 nitrogen and oxygen atoms in total. The van der Waals surface area contributed by atoms with Gasteiger partial charge in [-0.1, -0.05) is 0 Å². The fourth-order valence-electron chi connectivity index (χ4n) is 1.59. The van der Waals surface area contributed by atoms with Crippen molar-refractivity contribution in [3.63, 3.8) is 0 Å². The summed E-state index contributed by atoms with van der Waals surface area (Å²) in [6.07, 6.45) is 2.04.